The van der Waals surface area contributed by atoms with Crippen molar-refractivity contribution in [3.05, 3.63) is 33.8 Å². The molecule has 17 heavy (non-hydrogen) atoms. The SMILES string of the molecule is COC1CCCC(O)(c2cccc(Cl)c2Cl)C1. The Balaban J connectivity index is 2.33. The summed E-state index contributed by atoms with van der Waals surface area (Å²) in [5.74, 6) is 0. The molecular formula is C13H16Cl2O2. The Morgan fingerprint density at radius 1 is 1.41 bits per heavy atom. The number of halogens is 2. The van der Waals surface area contributed by atoms with Crippen LogP contribution in [0.2, 0.25) is 10.0 Å². The molecule has 1 aromatic carbocycles. The molecule has 2 rings (SSSR count). The second-order valence-electron chi connectivity index (χ2n) is 4.59. The zero-order chi connectivity index (χ0) is 12.5. The van der Waals surface area contributed by atoms with Crippen molar-refractivity contribution in [2.45, 2.75) is 37.4 Å². The second-order valence-corrected chi connectivity index (χ2v) is 5.37. The van der Waals surface area contributed by atoms with E-state index in [1.807, 2.05) is 12.1 Å². The number of benzene rings is 1. The third-order valence-electron chi connectivity index (χ3n) is 3.47. The molecule has 1 N–H and O–H groups in total. The molecule has 0 aromatic heterocycles. The van der Waals surface area contributed by atoms with Gasteiger partial charge in [-0.3, -0.25) is 0 Å². The molecule has 0 radical (unpaired) electrons. The smallest absolute Gasteiger partial charge is 0.0936 e. The second kappa shape index (κ2) is 5.15. The lowest BCUT2D eigenvalue weighted by Gasteiger charge is -2.37. The molecule has 4 heteroatoms. The van der Waals surface area contributed by atoms with Gasteiger partial charge in [-0.1, -0.05) is 35.3 Å². The van der Waals surface area contributed by atoms with Crippen molar-refractivity contribution >= 4 is 23.2 Å². The molecule has 1 saturated carbocycles. The van der Waals surface area contributed by atoms with Crippen LogP contribution < -0.4 is 0 Å². The normalized spacial score (nSPS) is 29.3. The van der Waals surface area contributed by atoms with Crippen molar-refractivity contribution in [1.82, 2.24) is 0 Å². The Morgan fingerprint density at radius 3 is 2.88 bits per heavy atom. The van der Waals surface area contributed by atoms with Gasteiger partial charge >= 0.3 is 0 Å². The summed E-state index contributed by atoms with van der Waals surface area (Å²) >= 11 is 12.2. The number of hydrogen-bond acceptors (Lipinski definition) is 2. The molecule has 94 valence electrons. The Kier molecular flexibility index (Phi) is 3.99. The predicted molar refractivity (Wildman–Crippen MR) is 69.6 cm³/mol. The minimum Gasteiger partial charge on any atom is -0.385 e. The van der Waals surface area contributed by atoms with Gasteiger partial charge in [-0.15, -0.1) is 0 Å². The molecular weight excluding hydrogens is 259 g/mol. The monoisotopic (exact) mass is 274 g/mol. The lowest BCUT2D eigenvalue weighted by Crippen LogP contribution is -2.36. The standard InChI is InChI=1S/C13H16Cl2O2/c1-17-9-4-3-7-13(16,8-9)10-5-2-6-11(14)12(10)15/h2,5-6,9,16H,3-4,7-8H2,1H3. The first-order valence-electron chi connectivity index (χ1n) is 5.76. The van der Waals surface area contributed by atoms with Crippen LogP contribution in [0.5, 0.6) is 0 Å². The molecule has 2 atom stereocenters. The van der Waals surface area contributed by atoms with Gasteiger partial charge in [-0.2, -0.15) is 0 Å². The van der Waals surface area contributed by atoms with Gasteiger partial charge in [0.05, 0.1) is 21.8 Å². The van der Waals surface area contributed by atoms with Crippen molar-refractivity contribution in [2.75, 3.05) is 7.11 Å². The molecule has 1 fully saturated rings. The number of hydrogen-bond donors (Lipinski definition) is 1. The van der Waals surface area contributed by atoms with Crippen LogP contribution in [0.4, 0.5) is 0 Å². The molecule has 1 aromatic rings. The van der Waals surface area contributed by atoms with E-state index < -0.39 is 5.60 Å². The number of ether oxygens (including phenoxy) is 1. The van der Waals surface area contributed by atoms with E-state index in [4.69, 9.17) is 27.9 Å². The average molecular weight is 275 g/mol. The Morgan fingerprint density at radius 2 is 2.18 bits per heavy atom. The zero-order valence-corrected chi connectivity index (χ0v) is 11.3. The van der Waals surface area contributed by atoms with E-state index in [9.17, 15) is 5.11 Å². The summed E-state index contributed by atoms with van der Waals surface area (Å²) in [7, 11) is 1.68. The fourth-order valence-electron chi connectivity index (χ4n) is 2.51. The van der Waals surface area contributed by atoms with E-state index in [0.29, 0.717) is 28.5 Å². The maximum Gasteiger partial charge on any atom is 0.0936 e. The highest BCUT2D eigenvalue weighted by atomic mass is 35.5. The van der Waals surface area contributed by atoms with Gasteiger partial charge in [0.15, 0.2) is 0 Å². The summed E-state index contributed by atoms with van der Waals surface area (Å²) in [6, 6.07) is 5.39. The van der Waals surface area contributed by atoms with Gasteiger partial charge in [-0.25, -0.2) is 0 Å². The lowest BCUT2D eigenvalue weighted by molar-refractivity contribution is -0.0631. The van der Waals surface area contributed by atoms with E-state index in [1.165, 1.54) is 0 Å². The van der Waals surface area contributed by atoms with Gasteiger partial charge in [0.25, 0.3) is 0 Å². The maximum absolute atomic E-state index is 10.7. The number of methoxy groups -OCH3 is 1. The molecule has 0 aliphatic heterocycles. The highest BCUT2D eigenvalue weighted by Gasteiger charge is 2.37. The van der Waals surface area contributed by atoms with Crippen LogP contribution in [0.25, 0.3) is 0 Å². The molecule has 0 heterocycles. The summed E-state index contributed by atoms with van der Waals surface area (Å²) in [4.78, 5) is 0. The van der Waals surface area contributed by atoms with Crippen molar-refractivity contribution in [1.29, 1.82) is 0 Å². The van der Waals surface area contributed by atoms with Crippen molar-refractivity contribution < 1.29 is 9.84 Å². The minimum atomic E-state index is -0.916. The maximum atomic E-state index is 10.7. The predicted octanol–water partition coefficient (Wildman–Crippen LogP) is 3.77. The third-order valence-corrected chi connectivity index (χ3v) is 4.29. The number of aliphatic hydroxyl groups is 1. The van der Waals surface area contributed by atoms with Crippen molar-refractivity contribution in [2.24, 2.45) is 0 Å². The van der Waals surface area contributed by atoms with Gasteiger partial charge < -0.3 is 9.84 Å². The van der Waals surface area contributed by atoms with Gasteiger partial charge in [0, 0.05) is 19.1 Å². The van der Waals surface area contributed by atoms with E-state index in [1.54, 1.807) is 13.2 Å². The highest BCUT2D eigenvalue weighted by molar-refractivity contribution is 6.42. The first kappa shape index (κ1) is 13.2. The van der Waals surface area contributed by atoms with Crippen LogP contribution >= 0.6 is 23.2 Å². The summed E-state index contributed by atoms with van der Waals surface area (Å²) in [6.07, 6.45) is 3.27. The summed E-state index contributed by atoms with van der Waals surface area (Å²) < 4.78 is 5.34. The van der Waals surface area contributed by atoms with E-state index in [2.05, 4.69) is 0 Å². The summed E-state index contributed by atoms with van der Waals surface area (Å²) in [6.45, 7) is 0. The largest absolute Gasteiger partial charge is 0.385 e. The van der Waals surface area contributed by atoms with Crippen LogP contribution in [-0.4, -0.2) is 18.3 Å². The van der Waals surface area contributed by atoms with Gasteiger partial charge in [-0.05, 0) is 25.3 Å². The Labute approximate surface area is 111 Å². The third kappa shape index (κ3) is 2.60. The van der Waals surface area contributed by atoms with Crippen LogP contribution in [0.15, 0.2) is 18.2 Å². The molecule has 1 aliphatic carbocycles. The fourth-order valence-corrected chi connectivity index (χ4v) is 2.99. The van der Waals surface area contributed by atoms with Crippen LogP contribution in [0.1, 0.15) is 31.2 Å². The van der Waals surface area contributed by atoms with Crippen molar-refractivity contribution in [3.8, 4) is 0 Å². The quantitative estimate of drug-likeness (QED) is 0.890. The van der Waals surface area contributed by atoms with Crippen molar-refractivity contribution in [3.63, 3.8) is 0 Å². The van der Waals surface area contributed by atoms with Gasteiger partial charge in [0.1, 0.15) is 0 Å². The van der Waals surface area contributed by atoms with E-state index >= 15 is 0 Å². The molecule has 0 amide bonds. The van der Waals surface area contributed by atoms with Crippen LogP contribution in [0, 0.1) is 0 Å². The molecule has 0 saturated heterocycles. The van der Waals surface area contributed by atoms with Crippen LogP contribution in [-0.2, 0) is 10.3 Å². The van der Waals surface area contributed by atoms with Crippen LogP contribution in [0.3, 0.4) is 0 Å². The Hall–Kier alpha value is -0.280. The molecule has 1 aliphatic rings. The zero-order valence-electron chi connectivity index (χ0n) is 9.75. The molecule has 2 unspecified atom stereocenters. The summed E-state index contributed by atoms with van der Waals surface area (Å²) in [5.41, 5.74) is -0.200. The first-order valence-corrected chi connectivity index (χ1v) is 6.52. The Bertz CT molecular complexity index is 408. The fraction of sp³-hybridized carbons (Fsp3) is 0.538. The first-order chi connectivity index (χ1) is 8.07. The average Bonchev–Trinajstić information content (AvgIpc) is 2.32. The van der Waals surface area contributed by atoms with Gasteiger partial charge in [0.2, 0.25) is 0 Å². The van der Waals surface area contributed by atoms with E-state index in [-0.39, 0.29) is 6.10 Å². The number of rotatable bonds is 2. The lowest BCUT2D eigenvalue weighted by atomic mass is 9.78. The minimum absolute atomic E-state index is 0.0869. The molecule has 0 spiro atoms. The molecule has 0 bridgehead atoms. The molecule has 2 nitrogen and oxygen atoms in total. The highest BCUT2D eigenvalue weighted by Crippen LogP contribution is 2.42. The summed E-state index contributed by atoms with van der Waals surface area (Å²) in [5, 5.41) is 11.7. The topological polar surface area (TPSA) is 29.5 Å². The van der Waals surface area contributed by atoms with E-state index in [0.717, 1.165) is 12.8 Å².